The number of halogens is 3. The summed E-state index contributed by atoms with van der Waals surface area (Å²) in [5, 5.41) is 2.35. The van der Waals surface area contributed by atoms with E-state index < -0.39 is 24.5 Å². The fraction of sp³-hybridized carbons (Fsp3) is 0.889. The van der Waals surface area contributed by atoms with Crippen molar-refractivity contribution in [3.8, 4) is 0 Å². The molecule has 2 N–H and O–H groups in total. The van der Waals surface area contributed by atoms with E-state index in [4.69, 9.17) is 4.74 Å². The first-order valence-electron chi connectivity index (χ1n) is 4.98. The third kappa shape index (κ3) is 12.9. The van der Waals surface area contributed by atoms with Crippen molar-refractivity contribution >= 4 is 6.09 Å². The van der Waals surface area contributed by atoms with Crippen LogP contribution in [0.25, 0.3) is 0 Å². The van der Waals surface area contributed by atoms with Crippen LogP contribution in [0.5, 0.6) is 0 Å². The lowest BCUT2D eigenvalue weighted by Gasteiger charge is -2.19. The lowest BCUT2D eigenvalue weighted by atomic mass is 10.2. The molecule has 0 atom stereocenters. The van der Waals surface area contributed by atoms with Gasteiger partial charge >= 0.3 is 12.3 Å². The molecule has 0 saturated carbocycles. The average molecular weight is 258 g/mol. The zero-order valence-electron chi connectivity index (χ0n) is 9.98. The number of rotatable bonds is 5. The van der Waals surface area contributed by atoms with Crippen LogP contribution in [-0.2, 0) is 9.57 Å². The van der Waals surface area contributed by atoms with Gasteiger partial charge in [-0.1, -0.05) is 0 Å². The molecular weight excluding hydrogens is 241 g/mol. The van der Waals surface area contributed by atoms with Gasteiger partial charge in [-0.15, -0.1) is 0 Å². The molecule has 17 heavy (non-hydrogen) atoms. The molecule has 0 saturated heterocycles. The van der Waals surface area contributed by atoms with Crippen LogP contribution in [-0.4, -0.2) is 37.6 Å². The van der Waals surface area contributed by atoms with E-state index in [1.165, 1.54) is 0 Å². The molecule has 0 aliphatic carbocycles. The van der Waals surface area contributed by atoms with Gasteiger partial charge in [0.1, 0.15) is 5.60 Å². The molecule has 0 aromatic carbocycles. The first kappa shape index (κ1) is 16.0. The van der Waals surface area contributed by atoms with Crippen LogP contribution in [0.4, 0.5) is 18.0 Å². The molecule has 0 unspecified atom stereocenters. The standard InChI is InChI=1S/C9H17F3N2O3/c1-8(2,3)17-7(15)13-4-5-14-16-6-9(10,11)12/h14H,4-6H2,1-3H3,(H,13,15). The Kier molecular flexibility index (Phi) is 6.25. The maximum Gasteiger partial charge on any atom is 0.413 e. The summed E-state index contributed by atoms with van der Waals surface area (Å²) in [4.78, 5) is 15.2. The van der Waals surface area contributed by atoms with Gasteiger partial charge in [-0.3, -0.25) is 4.84 Å². The van der Waals surface area contributed by atoms with E-state index >= 15 is 0 Å². The highest BCUT2D eigenvalue weighted by atomic mass is 19.4. The van der Waals surface area contributed by atoms with E-state index in [1.54, 1.807) is 20.8 Å². The monoisotopic (exact) mass is 258 g/mol. The normalized spacial score (nSPS) is 12.4. The van der Waals surface area contributed by atoms with Crippen molar-refractivity contribution in [1.29, 1.82) is 0 Å². The second-order valence-electron chi connectivity index (χ2n) is 4.23. The number of ether oxygens (including phenoxy) is 1. The molecule has 0 radical (unpaired) electrons. The molecule has 0 fully saturated rings. The molecular formula is C9H17F3N2O3. The lowest BCUT2D eigenvalue weighted by molar-refractivity contribution is -0.189. The minimum Gasteiger partial charge on any atom is -0.444 e. The van der Waals surface area contributed by atoms with Crippen LogP contribution in [0.3, 0.4) is 0 Å². The van der Waals surface area contributed by atoms with Crippen molar-refractivity contribution in [1.82, 2.24) is 10.8 Å². The highest BCUT2D eigenvalue weighted by Crippen LogP contribution is 2.13. The third-order valence-electron chi connectivity index (χ3n) is 1.23. The first-order valence-corrected chi connectivity index (χ1v) is 4.98. The number of amides is 1. The Balaban J connectivity index is 3.44. The number of hydrogen-bond acceptors (Lipinski definition) is 4. The number of nitrogens with one attached hydrogen (secondary N) is 2. The van der Waals surface area contributed by atoms with Gasteiger partial charge in [-0.05, 0) is 20.8 Å². The predicted molar refractivity (Wildman–Crippen MR) is 54.2 cm³/mol. The summed E-state index contributed by atoms with van der Waals surface area (Å²) in [5.41, 5.74) is 1.46. The molecule has 1 amide bonds. The maximum atomic E-state index is 11.6. The first-order chi connectivity index (χ1) is 7.60. The van der Waals surface area contributed by atoms with Crippen LogP contribution in [0, 0.1) is 0 Å². The minimum absolute atomic E-state index is 0.0509. The molecule has 102 valence electrons. The van der Waals surface area contributed by atoms with Crippen molar-refractivity contribution in [2.75, 3.05) is 19.7 Å². The topological polar surface area (TPSA) is 59.6 Å². The van der Waals surface area contributed by atoms with Crippen molar-refractivity contribution in [3.05, 3.63) is 0 Å². The van der Waals surface area contributed by atoms with Gasteiger partial charge < -0.3 is 10.1 Å². The van der Waals surface area contributed by atoms with E-state index in [1.807, 2.05) is 0 Å². The van der Waals surface area contributed by atoms with Crippen LogP contribution < -0.4 is 10.8 Å². The molecule has 8 heteroatoms. The summed E-state index contributed by atoms with van der Waals surface area (Å²) >= 11 is 0. The van der Waals surface area contributed by atoms with Crippen molar-refractivity contribution in [2.24, 2.45) is 0 Å². The predicted octanol–water partition coefficient (Wildman–Crippen LogP) is 1.59. The number of hydroxylamine groups is 1. The summed E-state index contributed by atoms with van der Waals surface area (Å²) in [6, 6.07) is 0. The quantitative estimate of drug-likeness (QED) is 0.581. The second kappa shape index (κ2) is 6.65. The Morgan fingerprint density at radius 2 is 1.76 bits per heavy atom. The van der Waals surface area contributed by atoms with Crippen LogP contribution in [0.15, 0.2) is 0 Å². The summed E-state index contributed by atoms with van der Waals surface area (Å²) in [7, 11) is 0. The van der Waals surface area contributed by atoms with Crippen molar-refractivity contribution < 1.29 is 27.5 Å². The van der Waals surface area contributed by atoms with Gasteiger partial charge in [0.15, 0.2) is 6.61 Å². The number of alkyl halides is 3. The maximum absolute atomic E-state index is 11.6. The Hall–Kier alpha value is -1.02. The molecule has 0 rings (SSSR count). The lowest BCUT2D eigenvalue weighted by Crippen LogP contribution is -2.37. The van der Waals surface area contributed by atoms with Crippen LogP contribution in [0.1, 0.15) is 20.8 Å². The third-order valence-corrected chi connectivity index (χ3v) is 1.23. The fourth-order valence-electron chi connectivity index (χ4n) is 0.735. The second-order valence-corrected chi connectivity index (χ2v) is 4.23. The van der Waals surface area contributed by atoms with Crippen molar-refractivity contribution in [3.63, 3.8) is 0 Å². The largest absolute Gasteiger partial charge is 0.444 e. The highest BCUT2D eigenvalue weighted by molar-refractivity contribution is 5.67. The Bertz CT molecular complexity index is 239. The Morgan fingerprint density at radius 1 is 1.18 bits per heavy atom. The van der Waals surface area contributed by atoms with E-state index in [2.05, 4.69) is 15.6 Å². The van der Waals surface area contributed by atoms with Gasteiger partial charge in [0.05, 0.1) is 0 Å². The zero-order chi connectivity index (χ0) is 13.5. The SMILES string of the molecule is CC(C)(C)OC(=O)NCCNOCC(F)(F)F. The Morgan fingerprint density at radius 3 is 2.24 bits per heavy atom. The molecule has 0 aliphatic heterocycles. The molecule has 0 aromatic rings. The number of alkyl carbamates (subject to hydrolysis) is 1. The number of carbonyl (C=O) groups excluding carboxylic acids is 1. The van der Waals surface area contributed by atoms with Gasteiger partial charge in [0.2, 0.25) is 0 Å². The van der Waals surface area contributed by atoms with Gasteiger partial charge in [-0.25, -0.2) is 10.3 Å². The van der Waals surface area contributed by atoms with Crippen LogP contribution in [0.2, 0.25) is 0 Å². The smallest absolute Gasteiger partial charge is 0.413 e. The van der Waals surface area contributed by atoms with E-state index in [0.29, 0.717) is 0 Å². The van der Waals surface area contributed by atoms with E-state index in [-0.39, 0.29) is 13.1 Å². The highest BCUT2D eigenvalue weighted by Gasteiger charge is 2.27. The van der Waals surface area contributed by atoms with Crippen LogP contribution >= 0.6 is 0 Å². The zero-order valence-corrected chi connectivity index (χ0v) is 9.98. The van der Waals surface area contributed by atoms with E-state index in [9.17, 15) is 18.0 Å². The van der Waals surface area contributed by atoms with Crippen molar-refractivity contribution in [2.45, 2.75) is 32.5 Å². The summed E-state index contributed by atoms with van der Waals surface area (Å²) in [6.07, 6.45) is -5.00. The molecule has 0 spiro atoms. The minimum atomic E-state index is -4.37. The molecule has 0 aromatic heterocycles. The van der Waals surface area contributed by atoms with E-state index in [0.717, 1.165) is 0 Å². The molecule has 0 aliphatic rings. The summed E-state index contributed by atoms with van der Waals surface area (Å²) in [5.74, 6) is 0. The molecule has 5 nitrogen and oxygen atoms in total. The van der Waals surface area contributed by atoms with Gasteiger partial charge in [0, 0.05) is 13.1 Å². The van der Waals surface area contributed by atoms with Gasteiger partial charge in [0.25, 0.3) is 0 Å². The fourth-order valence-corrected chi connectivity index (χ4v) is 0.735. The summed E-state index contributed by atoms with van der Waals surface area (Å²) in [6.45, 7) is 3.90. The van der Waals surface area contributed by atoms with Gasteiger partial charge in [-0.2, -0.15) is 13.2 Å². The average Bonchev–Trinajstić information content (AvgIpc) is 2.06. The Labute approximate surface area is 97.6 Å². The summed E-state index contributed by atoms with van der Waals surface area (Å²) < 4.78 is 39.8. The number of hydrogen-bond donors (Lipinski definition) is 2. The molecule has 0 bridgehead atoms. The molecule has 0 heterocycles. The number of carbonyl (C=O) groups is 1.